The Kier molecular flexibility index (Phi) is 1.61. The number of nitrogens with zero attached hydrogens (tertiary/aromatic N) is 2. The Labute approximate surface area is 81.4 Å². The van der Waals surface area contributed by atoms with Crippen molar-refractivity contribution in [1.29, 1.82) is 0 Å². The van der Waals surface area contributed by atoms with Crippen molar-refractivity contribution in [2.75, 3.05) is 12.0 Å². The number of anilines is 1. The molecule has 0 saturated heterocycles. The summed E-state index contributed by atoms with van der Waals surface area (Å²) in [5.41, 5.74) is 2.20. The van der Waals surface area contributed by atoms with Crippen molar-refractivity contribution in [2.24, 2.45) is 0 Å². The second-order valence-electron chi connectivity index (χ2n) is 3.34. The Hall–Kier alpha value is -1.68. The third-order valence-electron chi connectivity index (χ3n) is 2.39. The lowest BCUT2D eigenvalue weighted by atomic mass is 10.1. The van der Waals surface area contributed by atoms with E-state index < -0.39 is 0 Å². The van der Waals surface area contributed by atoms with Gasteiger partial charge in [0.1, 0.15) is 5.82 Å². The maximum atomic E-state index is 4.52. The number of hydrogen-bond donors (Lipinski definition) is 2. The minimum Gasteiger partial charge on any atom is -0.357 e. The molecule has 3 heterocycles. The van der Waals surface area contributed by atoms with Crippen LogP contribution in [0.1, 0.15) is 5.56 Å². The summed E-state index contributed by atoms with van der Waals surface area (Å²) in [6.07, 6.45) is 3.61. The minimum absolute atomic E-state index is 0.788. The van der Waals surface area contributed by atoms with Crippen molar-refractivity contribution in [3.63, 3.8) is 0 Å². The number of hydrogen-bond acceptors (Lipinski definition) is 4. The molecule has 2 aromatic rings. The zero-order chi connectivity index (χ0) is 9.38. The Balaban J connectivity index is 2.27. The van der Waals surface area contributed by atoms with Crippen molar-refractivity contribution < 1.29 is 0 Å². The van der Waals surface area contributed by atoms with Crippen LogP contribution in [0.25, 0.3) is 10.9 Å². The fraction of sp³-hybridized carbons (Fsp3) is 0.200. The first-order valence-electron chi connectivity index (χ1n) is 4.62. The van der Waals surface area contributed by atoms with Crippen LogP contribution in [0.15, 0.2) is 24.5 Å². The molecule has 3 rings (SSSR count). The summed E-state index contributed by atoms with van der Waals surface area (Å²) < 4.78 is 0. The molecule has 14 heavy (non-hydrogen) atoms. The van der Waals surface area contributed by atoms with Crippen molar-refractivity contribution in [3.05, 3.63) is 30.1 Å². The van der Waals surface area contributed by atoms with Crippen molar-refractivity contribution in [2.45, 2.75) is 6.54 Å². The first-order chi connectivity index (χ1) is 6.93. The Morgan fingerprint density at radius 2 is 2.36 bits per heavy atom. The molecule has 0 saturated carbocycles. The standard InChI is InChI=1S/C10H10N4/c1-2-11-4-7-3-8-5-12-6-13-10(8)14-9(1)7/h1-4,12H,5-6H2,(H,13,14). The van der Waals surface area contributed by atoms with Crippen LogP contribution in [-0.4, -0.2) is 16.6 Å². The molecule has 0 aliphatic carbocycles. The summed E-state index contributed by atoms with van der Waals surface area (Å²) in [5.74, 6) is 0.988. The van der Waals surface area contributed by atoms with Gasteiger partial charge in [-0.15, -0.1) is 0 Å². The lowest BCUT2D eigenvalue weighted by Crippen LogP contribution is -2.28. The van der Waals surface area contributed by atoms with E-state index in [4.69, 9.17) is 0 Å². The number of fused-ring (bicyclic) bond motifs is 2. The fourth-order valence-electron chi connectivity index (χ4n) is 1.69. The highest BCUT2D eigenvalue weighted by atomic mass is 15.1. The summed E-state index contributed by atoms with van der Waals surface area (Å²) in [7, 11) is 0. The highest BCUT2D eigenvalue weighted by Gasteiger charge is 2.09. The van der Waals surface area contributed by atoms with Crippen molar-refractivity contribution in [3.8, 4) is 0 Å². The van der Waals surface area contributed by atoms with E-state index in [-0.39, 0.29) is 0 Å². The molecule has 0 aromatic carbocycles. The van der Waals surface area contributed by atoms with Gasteiger partial charge >= 0.3 is 0 Å². The molecule has 4 heteroatoms. The van der Waals surface area contributed by atoms with Gasteiger partial charge in [-0.1, -0.05) is 0 Å². The second kappa shape index (κ2) is 2.92. The van der Waals surface area contributed by atoms with Gasteiger partial charge in [-0.25, -0.2) is 4.98 Å². The van der Waals surface area contributed by atoms with Gasteiger partial charge in [0.05, 0.1) is 12.2 Å². The minimum atomic E-state index is 0.788. The van der Waals surface area contributed by atoms with E-state index in [1.807, 2.05) is 12.3 Å². The van der Waals surface area contributed by atoms with E-state index in [1.165, 1.54) is 5.56 Å². The summed E-state index contributed by atoms with van der Waals surface area (Å²) >= 11 is 0. The predicted molar refractivity (Wildman–Crippen MR) is 54.9 cm³/mol. The van der Waals surface area contributed by atoms with Crippen LogP contribution in [-0.2, 0) is 6.54 Å². The molecule has 2 aromatic heterocycles. The van der Waals surface area contributed by atoms with Crippen molar-refractivity contribution >= 4 is 16.7 Å². The second-order valence-corrected chi connectivity index (χ2v) is 3.34. The molecule has 70 valence electrons. The van der Waals surface area contributed by atoms with E-state index in [0.29, 0.717) is 0 Å². The maximum Gasteiger partial charge on any atom is 0.132 e. The molecular formula is C10H10N4. The molecule has 1 aliphatic heterocycles. The largest absolute Gasteiger partial charge is 0.357 e. The molecule has 0 fully saturated rings. The predicted octanol–water partition coefficient (Wildman–Crippen LogP) is 1.10. The molecular weight excluding hydrogens is 176 g/mol. The van der Waals surface area contributed by atoms with Gasteiger partial charge < -0.3 is 5.32 Å². The zero-order valence-electron chi connectivity index (χ0n) is 7.62. The molecule has 0 spiro atoms. The number of nitrogens with one attached hydrogen (secondary N) is 2. The molecule has 0 radical (unpaired) electrons. The van der Waals surface area contributed by atoms with Crippen LogP contribution in [0.4, 0.5) is 5.82 Å². The lowest BCUT2D eigenvalue weighted by molar-refractivity contribution is 0.704. The molecule has 1 aliphatic rings. The van der Waals surface area contributed by atoms with E-state index in [1.54, 1.807) is 6.20 Å². The summed E-state index contributed by atoms with van der Waals surface area (Å²) in [5, 5.41) is 7.54. The third kappa shape index (κ3) is 1.12. The van der Waals surface area contributed by atoms with Gasteiger partial charge in [0.25, 0.3) is 0 Å². The Bertz CT molecular complexity index is 436. The van der Waals surface area contributed by atoms with Gasteiger partial charge in [0, 0.05) is 29.9 Å². The average Bonchev–Trinajstić information content (AvgIpc) is 2.26. The van der Waals surface area contributed by atoms with Crippen LogP contribution in [0.2, 0.25) is 0 Å². The maximum absolute atomic E-state index is 4.52. The van der Waals surface area contributed by atoms with E-state index in [2.05, 4.69) is 26.7 Å². The van der Waals surface area contributed by atoms with Gasteiger partial charge in [-0.2, -0.15) is 0 Å². The van der Waals surface area contributed by atoms with Crippen LogP contribution in [0.3, 0.4) is 0 Å². The first-order valence-corrected chi connectivity index (χ1v) is 4.62. The first kappa shape index (κ1) is 7.70. The highest BCUT2D eigenvalue weighted by Crippen LogP contribution is 2.20. The van der Waals surface area contributed by atoms with Crippen LogP contribution < -0.4 is 10.6 Å². The zero-order valence-corrected chi connectivity index (χ0v) is 7.62. The summed E-state index contributed by atoms with van der Waals surface area (Å²) in [6, 6.07) is 4.06. The van der Waals surface area contributed by atoms with E-state index in [9.17, 15) is 0 Å². The van der Waals surface area contributed by atoms with Gasteiger partial charge in [0.2, 0.25) is 0 Å². The van der Waals surface area contributed by atoms with Gasteiger partial charge in [0.15, 0.2) is 0 Å². The third-order valence-corrected chi connectivity index (χ3v) is 2.39. The smallest absolute Gasteiger partial charge is 0.132 e. The summed E-state index contributed by atoms with van der Waals surface area (Å²) in [6.45, 7) is 1.66. The van der Waals surface area contributed by atoms with Gasteiger partial charge in [-0.05, 0) is 12.1 Å². The summed E-state index contributed by atoms with van der Waals surface area (Å²) in [4.78, 5) is 8.61. The van der Waals surface area contributed by atoms with Gasteiger partial charge in [-0.3, -0.25) is 10.3 Å². The molecule has 0 amide bonds. The molecule has 4 nitrogen and oxygen atoms in total. The quantitative estimate of drug-likeness (QED) is 0.647. The molecule has 2 N–H and O–H groups in total. The van der Waals surface area contributed by atoms with Crippen LogP contribution >= 0.6 is 0 Å². The molecule has 0 bridgehead atoms. The van der Waals surface area contributed by atoms with Crippen molar-refractivity contribution in [1.82, 2.24) is 15.3 Å². The van der Waals surface area contributed by atoms with Crippen LogP contribution in [0.5, 0.6) is 0 Å². The topological polar surface area (TPSA) is 49.8 Å². The SMILES string of the molecule is c1cc2nc3c(cc2cn1)CNCN3. The highest BCUT2D eigenvalue weighted by molar-refractivity contribution is 5.80. The normalized spacial score (nSPS) is 14.9. The molecule has 0 unspecified atom stereocenters. The lowest BCUT2D eigenvalue weighted by Gasteiger charge is -2.18. The monoisotopic (exact) mass is 186 g/mol. The number of aromatic nitrogens is 2. The van der Waals surface area contributed by atoms with E-state index >= 15 is 0 Å². The Morgan fingerprint density at radius 1 is 1.36 bits per heavy atom. The van der Waals surface area contributed by atoms with E-state index in [0.717, 1.165) is 29.9 Å². The fourth-order valence-corrected chi connectivity index (χ4v) is 1.69. The number of pyridine rings is 2. The molecule has 0 atom stereocenters. The van der Waals surface area contributed by atoms with Crippen LogP contribution in [0, 0.1) is 0 Å². The number of rotatable bonds is 0. The Morgan fingerprint density at radius 3 is 3.36 bits per heavy atom. The average molecular weight is 186 g/mol.